The van der Waals surface area contributed by atoms with E-state index in [-0.39, 0.29) is 18.4 Å². The van der Waals surface area contributed by atoms with Crippen molar-refractivity contribution in [3.8, 4) is 5.75 Å². The summed E-state index contributed by atoms with van der Waals surface area (Å²) in [6.07, 6.45) is 5.10. The molecule has 0 heterocycles. The van der Waals surface area contributed by atoms with Crippen molar-refractivity contribution < 1.29 is 4.74 Å². The van der Waals surface area contributed by atoms with E-state index in [0.717, 1.165) is 5.56 Å². The number of methoxy groups -OCH3 is 1. The summed E-state index contributed by atoms with van der Waals surface area (Å²) in [5.41, 5.74) is 7.41. The second-order valence-corrected chi connectivity index (χ2v) is 4.87. The zero-order valence-electron chi connectivity index (χ0n) is 9.99. The number of rotatable bonds is 3. The maximum Gasteiger partial charge on any atom is 0.137 e. The molecule has 0 bridgehead atoms. The average Bonchev–Trinajstić information content (AvgIpc) is 2.82. The van der Waals surface area contributed by atoms with Crippen LogP contribution in [0.2, 0.25) is 5.02 Å². The lowest BCUT2D eigenvalue weighted by Crippen LogP contribution is -2.19. The van der Waals surface area contributed by atoms with Gasteiger partial charge in [0.1, 0.15) is 5.75 Å². The lowest BCUT2D eigenvalue weighted by Gasteiger charge is -2.20. The molecule has 0 amide bonds. The van der Waals surface area contributed by atoms with Crippen molar-refractivity contribution in [2.75, 3.05) is 7.11 Å². The maximum atomic E-state index is 6.28. The minimum atomic E-state index is 0. The normalized spacial score (nSPS) is 17.6. The Bertz CT molecular complexity index is 364. The van der Waals surface area contributed by atoms with E-state index in [4.69, 9.17) is 22.1 Å². The molecule has 1 aromatic carbocycles. The van der Waals surface area contributed by atoms with Crippen molar-refractivity contribution in [2.24, 2.45) is 11.7 Å². The molecule has 1 aliphatic rings. The first-order valence-electron chi connectivity index (χ1n) is 5.81. The molecule has 0 unspecified atom stereocenters. The van der Waals surface area contributed by atoms with Crippen molar-refractivity contribution in [3.63, 3.8) is 0 Å². The molecule has 1 fully saturated rings. The van der Waals surface area contributed by atoms with Crippen LogP contribution < -0.4 is 10.5 Å². The van der Waals surface area contributed by atoms with Gasteiger partial charge in [-0.3, -0.25) is 0 Å². The Morgan fingerprint density at radius 1 is 1.35 bits per heavy atom. The molecular weight excluding hydrogens is 257 g/mol. The molecule has 17 heavy (non-hydrogen) atoms. The maximum absolute atomic E-state index is 6.28. The molecule has 4 heteroatoms. The highest BCUT2D eigenvalue weighted by Gasteiger charge is 2.23. The monoisotopic (exact) mass is 275 g/mol. The summed E-state index contributed by atoms with van der Waals surface area (Å²) < 4.78 is 5.21. The van der Waals surface area contributed by atoms with Gasteiger partial charge in [0.25, 0.3) is 0 Å². The van der Waals surface area contributed by atoms with Crippen molar-refractivity contribution in [3.05, 3.63) is 28.8 Å². The van der Waals surface area contributed by atoms with Crippen LogP contribution in [-0.2, 0) is 0 Å². The van der Waals surface area contributed by atoms with E-state index in [9.17, 15) is 0 Å². The van der Waals surface area contributed by atoms with Gasteiger partial charge in [0.2, 0.25) is 0 Å². The quantitative estimate of drug-likeness (QED) is 0.906. The smallest absolute Gasteiger partial charge is 0.137 e. The fraction of sp³-hybridized carbons (Fsp3) is 0.538. The van der Waals surface area contributed by atoms with Crippen LogP contribution in [0.5, 0.6) is 5.75 Å². The standard InChI is InChI=1S/C13H18ClNO.ClH/c1-16-12-8-10(6-7-11(12)14)13(15)9-4-2-3-5-9;/h6-9,13H,2-5,15H2,1H3;1H/t13-;/m0./s1. The van der Waals surface area contributed by atoms with Crippen molar-refractivity contribution in [1.82, 2.24) is 0 Å². The van der Waals surface area contributed by atoms with E-state index in [1.807, 2.05) is 18.2 Å². The fourth-order valence-corrected chi connectivity index (χ4v) is 2.67. The molecule has 0 spiro atoms. The molecule has 2 nitrogen and oxygen atoms in total. The summed E-state index contributed by atoms with van der Waals surface area (Å²) in [5.74, 6) is 1.33. The Morgan fingerprint density at radius 2 is 2.00 bits per heavy atom. The van der Waals surface area contributed by atoms with Gasteiger partial charge in [-0.15, -0.1) is 12.4 Å². The number of hydrogen-bond acceptors (Lipinski definition) is 2. The summed E-state index contributed by atoms with van der Waals surface area (Å²) >= 11 is 5.99. The first kappa shape index (κ1) is 14.6. The summed E-state index contributed by atoms with van der Waals surface area (Å²) in [4.78, 5) is 0. The first-order valence-corrected chi connectivity index (χ1v) is 6.19. The third kappa shape index (κ3) is 3.27. The topological polar surface area (TPSA) is 35.2 Å². The van der Waals surface area contributed by atoms with Crippen LogP contribution in [0.25, 0.3) is 0 Å². The summed E-state index contributed by atoms with van der Waals surface area (Å²) in [5, 5.41) is 0.643. The summed E-state index contributed by atoms with van der Waals surface area (Å²) in [7, 11) is 1.63. The highest BCUT2D eigenvalue weighted by molar-refractivity contribution is 6.32. The van der Waals surface area contributed by atoms with Crippen LogP contribution in [0.4, 0.5) is 0 Å². The van der Waals surface area contributed by atoms with Gasteiger partial charge in [-0.1, -0.05) is 30.5 Å². The van der Waals surface area contributed by atoms with Crippen LogP contribution in [0.1, 0.15) is 37.3 Å². The average molecular weight is 276 g/mol. The minimum Gasteiger partial charge on any atom is -0.495 e. The number of nitrogens with two attached hydrogens (primary N) is 1. The Labute approximate surface area is 114 Å². The van der Waals surface area contributed by atoms with Gasteiger partial charge in [-0.05, 0) is 36.5 Å². The van der Waals surface area contributed by atoms with Gasteiger partial charge < -0.3 is 10.5 Å². The Kier molecular flexibility index (Phi) is 5.57. The van der Waals surface area contributed by atoms with Gasteiger partial charge in [0.15, 0.2) is 0 Å². The molecule has 0 aliphatic heterocycles. The van der Waals surface area contributed by atoms with E-state index in [0.29, 0.717) is 16.7 Å². The second kappa shape index (κ2) is 6.48. The molecule has 0 aromatic heterocycles. The van der Waals surface area contributed by atoms with Gasteiger partial charge >= 0.3 is 0 Å². The van der Waals surface area contributed by atoms with E-state index in [1.54, 1.807) is 7.11 Å². The Balaban J connectivity index is 0.00000144. The number of ether oxygens (including phenoxy) is 1. The zero-order valence-corrected chi connectivity index (χ0v) is 11.6. The van der Waals surface area contributed by atoms with E-state index >= 15 is 0 Å². The molecular formula is C13H19Cl2NO. The molecule has 1 saturated carbocycles. The molecule has 0 saturated heterocycles. The SMILES string of the molecule is COc1cc([C@@H](N)C2CCCC2)ccc1Cl.Cl. The van der Waals surface area contributed by atoms with Crippen LogP contribution in [-0.4, -0.2) is 7.11 Å². The summed E-state index contributed by atoms with van der Waals surface area (Å²) in [6.45, 7) is 0. The number of halogens is 2. The molecule has 0 radical (unpaired) electrons. The predicted molar refractivity (Wildman–Crippen MR) is 74.1 cm³/mol. The zero-order chi connectivity index (χ0) is 11.5. The van der Waals surface area contributed by atoms with Gasteiger partial charge in [-0.25, -0.2) is 0 Å². The Hall–Kier alpha value is -0.440. The highest BCUT2D eigenvalue weighted by Crippen LogP contribution is 2.36. The van der Waals surface area contributed by atoms with Crippen molar-refractivity contribution >= 4 is 24.0 Å². The van der Waals surface area contributed by atoms with Crippen molar-refractivity contribution in [1.29, 1.82) is 0 Å². The first-order chi connectivity index (χ1) is 7.72. The molecule has 1 aromatic rings. The van der Waals surface area contributed by atoms with Crippen LogP contribution in [0.3, 0.4) is 0 Å². The predicted octanol–water partition coefficient (Wildman–Crippen LogP) is 3.96. The van der Waals surface area contributed by atoms with E-state index in [1.165, 1.54) is 25.7 Å². The van der Waals surface area contributed by atoms with Gasteiger partial charge in [-0.2, -0.15) is 0 Å². The molecule has 96 valence electrons. The van der Waals surface area contributed by atoms with E-state index < -0.39 is 0 Å². The molecule has 1 atom stereocenters. The lowest BCUT2D eigenvalue weighted by atomic mass is 9.92. The van der Waals surface area contributed by atoms with E-state index in [2.05, 4.69) is 0 Å². The van der Waals surface area contributed by atoms with Crippen LogP contribution >= 0.6 is 24.0 Å². The Morgan fingerprint density at radius 3 is 2.59 bits per heavy atom. The second-order valence-electron chi connectivity index (χ2n) is 4.46. The van der Waals surface area contributed by atoms with Crippen LogP contribution in [0, 0.1) is 5.92 Å². The number of hydrogen-bond donors (Lipinski definition) is 1. The third-order valence-electron chi connectivity index (χ3n) is 3.47. The lowest BCUT2D eigenvalue weighted by molar-refractivity contribution is 0.409. The third-order valence-corrected chi connectivity index (χ3v) is 3.78. The minimum absolute atomic E-state index is 0. The summed E-state index contributed by atoms with van der Waals surface area (Å²) in [6, 6.07) is 5.96. The van der Waals surface area contributed by atoms with Crippen LogP contribution in [0.15, 0.2) is 18.2 Å². The molecule has 2 rings (SSSR count). The highest BCUT2D eigenvalue weighted by atomic mass is 35.5. The number of benzene rings is 1. The van der Waals surface area contributed by atoms with Gasteiger partial charge in [0, 0.05) is 6.04 Å². The van der Waals surface area contributed by atoms with Crippen molar-refractivity contribution in [2.45, 2.75) is 31.7 Å². The fourth-order valence-electron chi connectivity index (χ4n) is 2.47. The molecule has 1 aliphatic carbocycles. The largest absolute Gasteiger partial charge is 0.495 e. The van der Waals surface area contributed by atoms with Gasteiger partial charge in [0.05, 0.1) is 12.1 Å². The molecule has 2 N–H and O–H groups in total.